The Morgan fingerprint density at radius 2 is 1.82 bits per heavy atom. The van der Waals surface area contributed by atoms with Crippen molar-refractivity contribution in [2.45, 2.75) is 18.5 Å². The van der Waals surface area contributed by atoms with Gasteiger partial charge >= 0.3 is 12.1 Å². The first-order valence-electron chi connectivity index (χ1n) is 8.42. The van der Waals surface area contributed by atoms with Gasteiger partial charge in [0.05, 0.1) is 22.5 Å². The van der Waals surface area contributed by atoms with E-state index in [-0.39, 0.29) is 29.9 Å². The Morgan fingerprint density at radius 1 is 1.07 bits per heavy atom. The zero-order valence-corrected chi connectivity index (χ0v) is 15.1. The van der Waals surface area contributed by atoms with Crippen LogP contribution in [0.2, 0.25) is 5.02 Å². The van der Waals surface area contributed by atoms with Crippen LogP contribution in [-0.2, 0) is 20.5 Å². The van der Waals surface area contributed by atoms with Crippen LogP contribution in [0.4, 0.5) is 18.9 Å². The van der Waals surface area contributed by atoms with Gasteiger partial charge in [-0.1, -0.05) is 35.9 Å². The maximum atomic E-state index is 13.5. The minimum absolute atomic E-state index is 0.0799. The van der Waals surface area contributed by atoms with Gasteiger partial charge in [-0.15, -0.1) is 0 Å². The molecule has 0 spiro atoms. The molecule has 144 valence electrons. The van der Waals surface area contributed by atoms with E-state index in [2.05, 4.69) is 0 Å². The Morgan fingerprint density at radius 3 is 2.54 bits per heavy atom. The Labute approximate surface area is 163 Å². The highest BCUT2D eigenvalue weighted by molar-refractivity contribution is 6.31. The molecule has 1 atom stereocenters. The Balaban J connectivity index is 1.88. The molecule has 2 heterocycles. The fourth-order valence-corrected chi connectivity index (χ4v) is 3.88. The highest BCUT2D eigenvalue weighted by Gasteiger charge is 2.45. The summed E-state index contributed by atoms with van der Waals surface area (Å²) >= 11 is 6.00. The van der Waals surface area contributed by atoms with Crippen molar-refractivity contribution >= 4 is 29.2 Å². The molecule has 2 aliphatic heterocycles. The summed E-state index contributed by atoms with van der Waals surface area (Å²) in [4.78, 5) is 26.6. The highest BCUT2D eigenvalue weighted by atomic mass is 35.5. The predicted molar refractivity (Wildman–Crippen MR) is 95.7 cm³/mol. The molecule has 0 N–H and O–H groups in total. The molecule has 4 rings (SSSR count). The van der Waals surface area contributed by atoms with Crippen LogP contribution < -0.4 is 4.90 Å². The van der Waals surface area contributed by atoms with Crippen LogP contribution >= 0.6 is 11.6 Å². The molecule has 0 saturated carbocycles. The van der Waals surface area contributed by atoms with E-state index >= 15 is 0 Å². The number of hydrogen-bond acceptors (Lipinski definition) is 3. The normalized spacial score (nSPS) is 19.7. The number of halogens is 4. The second kappa shape index (κ2) is 6.67. The third kappa shape index (κ3) is 3.05. The molecule has 2 aromatic rings. The monoisotopic (exact) mass is 407 g/mol. The Bertz CT molecular complexity index is 1020. The predicted octanol–water partition coefficient (Wildman–Crippen LogP) is 4.69. The van der Waals surface area contributed by atoms with Crippen molar-refractivity contribution in [2.24, 2.45) is 0 Å². The zero-order valence-electron chi connectivity index (χ0n) is 14.3. The van der Waals surface area contributed by atoms with Crippen molar-refractivity contribution in [3.63, 3.8) is 0 Å². The van der Waals surface area contributed by atoms with Crippen LogP contribution in [0.15, 0.2) is 59.8 Å². The summed E-state index contributed by atoms with van der Waals surface area (Å²) < 4.78 is 45.5. The molecule has 28 heavy (non-hydrogen) atoms. The zero-order chi connectivity index (χ0) is 20.1. The summed E-state index contributed by atoms with van der Waals surface area (Å²) in [6.45, 7) is -0.183. The van der Waals surface area contributed by atoms with Gasteiger partial charge in [0.2, 0.25) is 5.91 Å². The number of carbonyl (C=O) groups is 2. The van der Waals surface area contributed by atoms with Crippen LogP contribution in [-0.4, -0.2) is 18.5 Å². The summed E-state index contributed by atoms with van der Waals surface area (Å²) in [5.41, 5.74) is -0.205. The second-order valence-corrected chi connectivity index (χ2v) is 6.92. The molecule has 1 unspecified atom stereocenters. The van der Waals surface area contributed by atoms with E-state index in [1.165, 1.54) is 23.1 Å². The Hall–Kier alpha value is -2.80. The van der Waals surface area contributed by atoms with Crippen molar-refractivity contribution in [1.29, 1.82) is 0 Å². The number of benzene rings is 2. The number of alkyl halides is 3. The number of esters is 1. The highest BCUT2D eigenvalue weighted by Crippen LogP contribution is 2.45. The molecular weight excluding hydrogens is 395 g/mol. The molecular formula is C20H13ClF3NO3. The van der Waals surface area contributed by atoms with Gasteiger partial charge in [-0.3, -0.25) is 9.69 Å². The number of cyclic esters (lactones) is 1. The first-order chi connectivity index (χ1) is 13.3. The third-order valence-corrected chi connectivity index (χ3v) is 5.06. The van der Waals surface area contributed by atoms with Gasteiger partial charge in [0, 0.05) is 17.4 Å². The summed E-state index contributed by atoms with van der Waals surface area (Å²) in [6, 6.07) is 11.4. The molecule has 8 heteroatoms. The molecule has 0 saturated heterocycles. The van der Waals surface area contributed by atoms with Crippen LogP contribution in [0.25, 0.3) is 0 Å². The van der Waals surface area contributed by atoms with Gasteiger partial charge in [-0.25, -0.2) is 4.79 Å². The fraction of sp³-hybridized carbons (Fsp3) is 0.200. The first kappa shape index (κ1) is 18.6. The molecule has 0 aromatic heterocycles. The maximum absolute atomic E-state index is 13.5. The largest absolute Gasteiger partial charge is 0.456 e. The van der Waals surface area contributed by atoms with Gasteiger partial charge < -0.3 is 4.74 Å². The van der Waals surface area contributed by atoms with E-state index in [0.717, 1.165) is 6.07 Å². The number of amides is 1. The molecule has 1 amide bonds. The van der Waals surface area contributed by atoms with Crippen LogP contribution in [0, 0.1) is 0 Å². The quantitative estimate of drug-likeness (QED) is 0.678. The molecule has 0 fully saturated rings. The summed E-state index contributed by atoms with van der Waals surface area (Å²) in [6.07, 6.45) is -4.89. The molecule has 0 bridgehead atoms. The van der Waals surface area contributed by atoms with Crippen LogP contribution in [0.3, 0.4) is 0 Å². The first-order valence-corrected chi connectivity index (χ1v) is 8.80. The number of ether oxygens (including phenoxy) is 1. The van der Waals surface area contributed by atoms with Crippen molar-refractivity contribution in [1.82, 2.24) is 0 Å². The maximum Gasteiger partial charge on any atom is 0.416 e. The average molecular weight is 408 g/mol. The topological polar surface area (TPSA) is 46.6 Å². The van der Waals surface area contributed by atoms with Crippen molar-refractivity contribution in [3.05, 3.63) is 76.0 Å². The summed E-state index contributed by atoms with van der Waals surface area (Å²) in [5.74, 6) is -2.16. The standard InChI is InChI=1S/C20H13ClF3NO3/c21-11-4-3-5-12(8-11)25-16-10-28-19(27)18(16)14(9-17(25)26)13-6-1-2-7-15(13)20(22,23)24/h1-8,14H,9-10H2. The minimum Gasteiger partial charge on any atom is -0.456 e. The van der Waals surface area contributed by atoms with E-state index in [4.69, 9.17) is 16.3 Å². The van der Waals surface area contributed by atoms with Crippen molar-refractivity contribution in [3.8, 4) is 0 Å². The van der Waals surface area contributed by atoms with E-state index in [1.54, 1.807) is 24.3 Å². The number of anilines is 1. The number of carbonyl (C=O) groups excluding carboxylic acids is 2. The lowest BCUT2D eigenvalue weighted by atomic mass is 9.82. The SMILES string of the molecule is O=C1OCC2=C1C(c1ccccc1C(F)(F)F)CC(=O)N2c1cccc(Cl)c1. The smallest absolute Gasteiger partial charge is 0.416 e. The number of nitrogens with zero attached hydrogens (tertiary/aromatic N) is 1. The number of rotatable bonds is 2. The lowest BCUT2D eigenvalue weighted by Crippen LogP contribution is -2.38. The van der Waals surface area contributed by atoms with Gasteiger partial charge in [-0.2, -0.15) is 13.2 Å². The van der Waals surface area contributed by atoms with Crippen LogP contribution in [0.5, 0.6) is 0 Å². The second-order valence-electron chi connectivity index (χ2n) is 6.49. The average Bonchev–Trinajstić information content (AvgIpc) is 3.02. The lowest BCUT2D eigenvalue weighted by molar-refractivity contribution is -0.139. The van der Waals surface area contributed by atoms with E-state index in [1.807, 2.05) is 0 Å². The van der Waals surface area contributed by atoms with Gasteiger partial charge in [0.25, 0.3) is 0 Å². The minimum atomic E-state index is -4.60. The molecule has 0 aliphatic carbocycles. The summed E-state index contributed by atoms with van der Waals surface area (Å²) in [5, 5.41) is 0.391. The molecule has 4 nitrogen and oxygen atoms in total. The molecule has 2 aliphatic rings. The lowest BCUT2D eigenvalue weighted by Gasteiger charge is -2.32. The van der Waals surface area contributed by atoms with E-state index in [0.29, 0.717) is 10.7 Å². The summed E-state index contributed by atoms with van der Waals surface area (Å²) in [7, 11) is 0. The third-order valence-electron chi connectivity index (χ3n) is 4.83. The van der Waals surface area contributed by atoms with E-state index < -0.39 is 29.5 Å². The Kier molecular flexibility index (Phi) is 4.42. The van der Waals surface area contributed by atoms with Crippen molar-refractivity contribution < 1.29 is 27.5 Å². The van der Waals surface area contributed by atoms with Gasteiger partial charge in [0.1, 0.15) is 6.61 Å². The fourth-order valence-electron chi connectivity index (χ4n) is 3.69. The number of hydrogen-bond donors (Lipinski definition) is 0. The van der Waals surface area contributed by atoms with Gasteiger partial charge in [0.15, 0.2) is 0 Å². The van der Waals surface area contributed by atoms with Crippen LogP contribution in [0.1, 0.15) is 23.5 Å². The van der Waals surface area contributed by atoms with E-state index in [9.17, 15) is 22.8 Å². The van der Waals surface area contributed by atoms with Gasteiger partial charge in [-0.05, 0) is 29.8 Å². The van der Waals surface area contributed by atoms with Crippen molar-refractivity contribution in [2.75, 3.05) is 11.5 Å². The molecule has 0 radical (unpaired) electrons. The molecule has 2 aromatic carbocycles.